The zero-order chi connectivity index (χ0) is 12.4. The number of hydrogen-bond acceptors (Lipinski definition) is 4. The summed E-state index contributed by atoms with van der Waals surface area (Å²) >= 11 is 0. The Morgan fingerprint density at radius 3 is 2.53 bits per heavy atom. The lowest BCUT2D eigenvalue weighted by Gasteiger charge is -2.03. The number of nitrogens with one attached hydrogen (secondary N) is 1. The molecule has 2 heterocycles. The van der Waals surface area contributed by atoms with Crippen LogP contribution in [0.3, 0.4) is 0 Å². The summed E-state index contributed by atoms with van der Waals surface area (Å²) < 4.78 is 1.69. The van der Waals surface area contributed by atoms with Gasteiger partial charge in [0.05, 0.1) is 29.5 Å². The van der Waals surface area contributed by atoms with Crippen LogP contribution in [-0.4, -0.2) is 25.7 Å². The summed E-state index contributed by atoms with van der Waals surface area (Å²) in [5.74, 6) is -0.284. The van der Waals surface area contributed by atoms with Crippen molar-refractivity contribution in [2.24, 2.45) is 7.05 Å². The molecule has 0 bridgehead atoms. The maximum absolute atomic E-state index is 11.8. The molecule has 0 aliphatic rings. The standard InChI is InChI=1S/C11H13N5O/c1-7-4-13-10(5-12-7)11(17)15-9-6-14-16(3)8(9)2/h4-6H,1-3H3,(H,15,17). The third kappa shape index (κ3) is 2.30. The Hall–Kier alpha value is -2.24. The van der Waals surface area contributed by atoms with Crippen LogP contribution in [0.25, 0.3) is 0 Å². The molecule has 2 rings (SSSR count). The first-order valence-corrected chi connectivity index (χ1v) is 5.16. The van der Waals surface area contributed by atoms with Gasteiger partial charge in [0.2, 0.25) is 0 Å². The van der Waals surface area contributed by atoms with Gasteiger partial charge < -0.3 is 5.32 Å². The van der Waals surface area contributed by atoms with Crippen LogP contribution >= 0.6 is 0 Å². The van der Waals surface area contributed by atoms with Crippen LogP contribution in [0.4, 0.5) is 5.69 Å². The molecule has 0 aliphatic carbocycles. The lowest BCUT2D eigenvalue weighted by molar-refractivity contribution is 0.102. The molecule has 6 heteroatoms. The fourth-order valence-corrected chi connectivity index (χ4v) is 1.32. The number of anilines is 1. The largest absolute Gasteiger partial charge is 0.318 e. The molecule has 1 N–H and O–H groups in total. The maximum atomic E-state index is 11.8. The monoisotopic (exact) mass is 231 g/mol. The van der Waals surface area contributed by atoms with Crippen LogP contribution in [0.15, 0.2) is 18.6 Å². The molecule has 0 aliphatic heterocycles. The van der Waals surface area contributed by atoms with Crippen molar-refractivity contribution in [3.8, 4) is 0 Å². The van der Waals surface area contributed by atoms with Crippen molar-refractivity contribution in [3.05, 3.63) is 35.7 Å². The van der Waals surface area contributed by atoms with Crippen molar-refractivity contribution in [1.29, 1.82) is 0 Å². The molecule has 0 fully saturated rings. The van der Waals surface area contributed by atoms with Gasteiger partial charge in [-0.05, 0) is 13.8 Å². The molecule has 0 unspecified atom stereocenters. The van der Waals surface area contributed by atoms with Crippen LogP contribution < -0.4 is 5.32 Å². The lowest BCUT2D eigenvalue weighted by Crippen LogP contribution is -2.14. The number of carbonyl (C=O) groups excluding carboxylic acids is 1. The summed E-state index contributed by atoms with van der Waals surface area (Å²) in [4.78, 5) is 19.9. The highest BCUT2D eigenvalue weighted by molar-refractivity contribution is 6.02. The second-order valence-electron chi connectivity index (χ2n) is 3.76. The first kappa shape index (κ1) is 11.3. The number of aryl methyl sites for hydroxylation is 2. The van der Waals surface area contributed by atoms with Gasteiger partial charge in [-0.25, -0.2) is 4.98 Å². The van der Waals surface area contributed by atoms with E-state index < -0.39 is 0 Å². The van der Waals surface area contributed by atoms with E-state index in [-0.39, 0.29) is 5.91 Å². The minimum absolute atomic E-state index is 0.284. The molecule has 0 aromatic carbocycles. The highest BCUT2D eigenvalue weighted by Crippen LogP contribution is 2.12. The summed E-state index contributed by atoms with van der Waals surface area (Å²) in [6, 6.07) is 0. The van der Waals surface area contributed by atoms with E-state index in [0.717, 1.165) is 11.4 Å². The van der Waals surface area contributed by atoms with Gasteiger partial charge in [-0.1, -0.05) is 0 Å². The van der Waals surface area contributed by atoms with E-state index in [0.29, 0.717) is 11.4 Å². The van der Waals surface area contributed by atoms with E-state index in [9.17, 15) is 4.79 Å². The maximum Gasteiger partial charge on any atom is 0.275 e. The molecule has 1 amide bonds. The Balaban J connectivity index is 2.17. The van der Waals surface area contributed by atoms with E-state index in [1.165, 1.54) is 6.20 Å². The van der Waals surface area contributed by atoms with Crippen molar-refractivity contribution in [3.63, 3.8) is 0 Å². The van der Waals surface area contributed by atoms with Crippen molar-refractivity contribution in [2.75, 3.05) is 5.32 Å². The fraction of sp³-hybridized carbons (Fsp3) is 0.273. The molecule has 0 radical (unpaired) electrons. The van der Waals surface area contributed by atoms with Gasteiger partial charge in [0.25, 0.3) is 5.91 Å². The second kappa shape index (κ2) is 4.32. The number of rotatable bonds is 2. The summed E-state index contributed by atoms with van der Waals surface area (Å²) in [7, 11) is 1.82. The average molecular weight is 231 g/mol. The molecule has 0 saturated heterocycles. The Morgan fingerprint density at radius 1 is 1.24 bits per heavy atom. The Labute approximate surface area is 98.7 Å². The number of amides is 1. The van der Waals surface area contributed by atoms with Gasteiger partial charge in [-0.15, -0.1) is 0 Å². The first-order chi connectivity index (χ1) is 8.08. The van der Waals surface area contributed by atoms with Gasteiger partial charge in [0.15, 0.2) is 0 Å². The van der Waals surface area contributed by atoms with E-state index >= 15 is 0 Å². The topological polar surface area (TPSA) is 72.7 Å². The minimum Gasteiger partial charge on any atom is -0.318 e. The average Bonchev–Trinajstić information content (AvgIpc) is 2.62. The van der Waals surface area contributed by atoms with Gasteiger partial charge in [-0.3, -0.25) is 14.5 Å². The molecule has 0 atom stereocenters. The highest BCUT2D eigenvalue weighted by atomic mass is 16.1. The van der Waals surface area contributed by atoms with Crippen LogP contribution in [0.1, 0.15) is 21.9 Å². The second-order valence-corrected chi connectivity index (χ2v) is 3.76. The smallest absolute Gasteiger partial charge is 0.275 e. The van der Waals surface area contributed by atoms with Gasteiger partial charge in [0, 0.05) is 13.2 Å². The van der Waals surface area contributed by atoms with Crippen LogP contribution in [0, 0.1) is 13.8 Å². The zero-order valence-electron chi connectivity index (χ0n) is 9.93. The molecule has 2 aromatic heterocycles. The van der Waals surface area contributed by atoms with E-state index in [1.54, 1.807) is 17.1 Å². The molecular formula is C11H13N5O. The molecule has 0 saturated carbocycles. The predicted molar refractivity (Wildman–Crippen MR) is 62.7 cm³/mol. The zero-order valence-corrected chi connectivity index (χ0v) is 9.93. The summed E-state index contributed by atoms with van der Waals surface area (Å²) in [6.07, 6.45) is 4.62. The molecule has 0 spiro atoms. The fourth-order valence-electron chi connectivity index (χ4n) is 1.32. The third-order valence-electron chi connectivity index (χ3n) is 2.50. The number of nitrogens with zero attached hydrogens (tertiary/aromatic N) is 4. The van der Waals surface area contributed by atoms with Crippen LogP contribution in [0.2, 0.25) is 0 Å². The van der Waals surface area contributed by atoms with Crippen molar-refractivity contribution < 1.29 is 4.79 Å². The van der Waals surface area contributed by atoms with E-state index in [2.05, 4.69) is 20.4 Å². The van der Waals surface area contributed by atoms with Crippen molar-refractivity contribution in [2.45, 2.75) is 13.8 Å². The van der Waals surface area contributed by atoms with Crippen molar-refractivity contribution >= 4 is 11.6 Å². The van der Waals surface area contributed by atoms with Gasteiger partial charge >= 0.3 is 0 Å². The third-order valence-corrected chi connectivity index (χ3v) is 2.50. The van der Waals surface area contributed by atoms with Gasteiger partial charge in [-0.2, -0.15) is 5.10 Å². The van der Waals surface area contributed by atoms with Crippen LogP contribution in [-0.2, 0) is 7.05 Å². The Morgan fingerprint density at radius 2 is 2.00 bits per heavy atom. The quantitative estimate of drug-likeness (QED) is 0.839. The Kier molecular flexibility index (Phi) is 2.86. The van der Waals surface area contributed by atoms with Gasteiger partial charge in [0.1, 0.15) is 5.69 Å². The van der Waals surface area contributed by atoms with Crippen molar-refractivity contribution in [1.82, 2.24) is 19.7 Å². The summed E-state index contributed by atoms with van der Waals surface area (Å²) in [5, 5.41) is 6.78. The predicted octanol–water partition coefficient (Wildman–Crippen LogP) is 1.08. The lowest BCUT2D eigenvalue weighted by atomic mass is 10.3. The Bertz CT molecular complexity index is 543. The first-order valence-electron chi connectivity index (χ1n) is 5.16. The number of carbonyl (C=O) groups is 1. The molecular weight excluding hydrogens is 218 g/mol. The molecule has 17 heavy (non-hydrogen) atoms. The molecule has 6 nitrogen and oxygen atoms in total. The highest BCUT2D eigenvalue weighted by Gasteiger charge is 2.11. The normalized spacial score (nSPS) is 10.3. The SMILES string of the molecule is Cc1cnc(C(=O)Nc2cnn(C)c2C)cn1. The summed E-state index contributed by atoms with van der Waals surface area (Å²) in [6.45, 7) is 3.70. The minimum atomic E-state index is -0.284. The van der Waals surface area contributed by atoms with E-state index in [4.69, 9.17) is 0 Å². The molecule has 88 valence electrons. The molecule has 2 aromatic rings. The van der Waals surface area contributed by atoms with Crippen LogP contribution in [0.5, 0.6) is 0 Å². The van der Waals surface area contributed by atoms with E-state index in [1.807, 2.05) is 20.9 Å². The number of aromatic nitrogens is 4. The summed E-state index contributed by atoms with van der Waals surface area (Å²) in [5.41, 5.74) is 2.64. The number of hydrogen-bond donors (Lipinski definition) is 1.